The van der Waals surface area contributed by atoms with Crippen LogP contribution in [0.2, 0.25) is 0 Å². The number of fused-ring (bicyclic) bond motifs is 1. The Bertz CT molecular complexity index is 745. The number of aliphatic hydroxyl groups is 1. The van der Waals surface area contributed by atoms with Gasteiger partial charge in [0.15, 0.2) is 0 Å². The summed E-state index contributed by atoms with van der Waals surface area (Å²) in [7, 11) is 0. The van der Waals surface area contributed by atoms with Crippen molar-refractivity contribution in [2.24, 2.45) is 0 Å². The first-order valence-corrected chi connectivity index (χ1v) is 8.45. The Hall–Kier alpha value is -2.34. The minimum Gasteiger partial charge on any atom is -0.393 e. The minimum absolute atomic E-state index is 0.370. The maximum atomic E-state index is 12.2. The zero-order valence-electron chi connectivity index (χ0n) is 13.9. The van der Waals surface area contributed by atoms with Crippen LogP contribution in [0.1, 0.15) is 26.2 Å². The lowest BCUT2D eigenvalue weighted by molar-refractivity contribution is -0.144. The Labute approximate surface area is 141 Å². The number of anilines is 1. The molecule has 2 heterocycles. The molecular formula is C18H23N3O3. The molecule has 1 fully saturated rings. The number of nitrogens with zero attached hydrogens (tertiary/aromatic N) is 2. The topological polar surface area (TPSA) is 74.6 Å². The lowest BCUT2D eigenvalue weighted by Crippen LogP contribution is -2.45. The van der Waals surface area contributed by atoms with Gasteiger partial charge in [0, 0.05) is 31.5 Å². The van der Waals surface area contributed by atoms with Gasteiger partial charge in [-0.15, -0.1) is 0 Å². The fraction of sp³-hybridized carbons (Fsp3) is 0.444. The van der Waals surface area contributed by atoms with E-state index in [0.717, 1.165) is 23.9 Å². The van der Waals surface area contributed by atoms with Gasteiger partial charge in [-0.25, -0.2) is 0 Å². The second-order valence-electron chi connectivity index (χ2n) is 6.26. The van der Waals surface area contributed by atoms with Crippen LogP contribution in [-0.2, 0) is 16.1 Å². The molecule has 6 nitrogen and oxygen atoms in total. The lowest BCUT2D eigenvalue weighted by Gasteiger charge is -2.28. The summed E-state index contributed by atoms with van der Waals surface area (Å²) < 4.78 is 2.14. The number of hydrogen-bond acceptors (Lipinski definition) is 3. The average Bonchev–Trinajstić information content (AvgIpc) is 2.98. The highest BCUT2D eigenvalue weighted by Gasteiger charge is 2.26. The third-order valence-electron chi connectivity index (χ3n) is 4.44. The number of carbonyl (C=O) groups excluding carboxylic acids is 2. The predicted octanol–water partition coefficient (Wildman–Crippen LogP) is 1.97. The summed E-state index contributed by atoms with van der Waals surface area (Å²) in [6.07, 6.45) is 3.74. The summed E-state index contributed by atoms with van der Waals surface area (Å²) in [6.45, 7) is 3.87. The number of aryl methyl sites for hydroxylation is 1. The van der Waals surface area contributed by atoms with E-state index in [1.165, 1.54) is 4.90 Å². The van der Waals surface area contributed by atoms with Crippen molar-refractivity contribution in [2.45, 2.75) is 38.8 Å². The molecule has 0 radical (unpaired) electrons. The van der Waals surface area contributed by atoms with E-state index in [1.807, 2.05) is 30.5 Å². The Balaban J connectivity index is 1.70. The fourth-order valence-electron chi connectivity index (χ4n) is 3.09. The smallest absolute Gasteiger partial charge is 0.313 e. The van der Waals surface area contributed by atoms with Crippen molar-refractivity contribution in [3.63, 3.8) is 0 Å². The SMILES string of the molecule is CCCn1ccc2ccc(NC(=O)C(=O)N3CCC(O)CC3)cc21. The molecule has 2 amide bonds. The summed E-state index contributed by atoms with van der Waals surface area (Å²) in [5, 5.41) is 13.3. The molecule has 0 saturated carbocycles. The van der Waals surface area contributed by atoms with Gasteiger partial charge in [0.25, 0.3) is 0 Å². The van der Waals surface area contributed by atoms with E-state index in [0.29, 0.717) is 31.6 Å². The van der Waals surface area contributed by atoms with Crippen molar-refractivity contribution in [3.05, 3.63) is 30.5 Å². The number of aromatic nitrogens is 1. The largest absolute Gasteiger partial charge is 0.393 e. The van der Waals surface area contributed by atoms with Gasteiger partial charge in [-0.05, 0) is 42.8 Å². The molecule has 2 N–H and O–H groups in total. The third-order valence-corrected chi connectivity index (χ3v) is 4.44. The molecule has 6 heteroatoms. The third kappa shape index (κ3) is 3.43. The molecule has 1 aliphatic rings. The quantitative estimate of drug-likeness (QED) is 0.846. The first-order valence-electron chi connectivity index (χ1n) is 8.45. The van der Waals surface area contributed by atoms with Gasteiger partial charge >= 0.3 is 11.8 Å². The molecule has 0 atom stereocenters. The molecular weight excluding hydrogens is 306 g/mol. The summed E-state index contributed by atoms with van der Waals surface area (Å²) in [5.41, 5.74) is 1.66. The number of hydrogen-bond donors (Lipinski definition) is 2. The summed E-state index contributed by atoms with van der Waals surface area (Å²) in [4.78, 5) is 25.9. The summed E-state index contributed by atoms with van der Waals surface area (Å²) >= 11 is 0. The monoisotopic (exact) mass is 329 g/mol. The van der Waals surface area contributed by atoms with Crippen molar-refractivity contribution < 1.29 is 14.7 Å². The molecule has 0 aliphatic carbocycles. The molecule has 0 spiro atoms. The molecule has 1 aliphatic heterocycles. The van der Waals surface area contributed by atoms with Crippen LogP contribution in [0.4, 0.5) is 5.69 Å². The Morgan fingerprint density at radius 3 is 2.71 bits per heavy atom. The number of benzene rings is 1. The fourth-order valence-corrected chi connectivity index (χ4v) is 3.09. The van der Waals surface area contributed by atoms with E-state index >= 15 is 0 Å². The molecule has 1 saturated heterocycles. The number of aliphatic hydroxyl groups excluding tert-OH is 1. The van der Waals surface area contributed by atoms with Gasteiger partial charge in [0.2, 0.25) is 0 Å². The maximum Gasteiger partial charge on any atom is 0.313 e. The van der Waals surface area contributed by atoms with Crippen LogP contribution in [0.25, 0.3) is 10.9 Å². The van der Waals surface area contributed by atoms with Crippen LogP contribution < -0.4 is 5.32 Å². The first-order chi connectivity index (χ1) is 11.6. The van der Waals surface area contributed by atoms with Gasteiger partial charge in [-0.3, -0.25) is 9.59 Å². The molecule has 0 unspecified atom stereocenters. The average molecular weight is 329 g/mol. The first kappa shape index (κ1) is 16.5. The highest BCUT2D eigenvalue weighted by Crippen LogP contribution is 2.21. The van der Waals surface area contributed by atoms with Crippen LogP contribution in [0.5, 0.6) is 0 Å². The molecule has 2 aromatic rings. The summed E-state index contributed by atoms with van der Waals surface area (Å²) in [6, 6.07) is 7.69. The Morgan fingerprint density at radius 1 is 1.25 bits per heavy atom. The minimum atomic E-state index is -0.626. The molecule has 128 valence electrons. The lowest BCUT2D eigenvalue weighted by atomic mass is 10.1. The van der Waals surface area contributed by atoms with Crippen molar-refractivity contribution in [3.8, 4) is 0 Å². The number of likely N-dealkylation sites (tertiary alicyclic amines) is 1. The van der Waals surface area contributed by atoms with Crippen LogP contribution in [0.15, 0.2) is 30.5 Å². The normalized spacial score (nSPS) is 15.7. The number of carbonyl (C=O) groups is 2. The zero-order valence-corrected chi connectivity index (χ0v) is 13.9. The standard InChI is InChI=1S/C18H23N3O3/c1-2-8-20-9-5-13-3-4-14(12-16(13)20)19-17(23)18(24)21-10-6-15(22)7-11-21/h3-5,9,12,15,22H,2,6-8,10-11H2,1H3,(H,19,23). The highest BCUT2D eigenvalue weighted by atomic mass is 16.3. The van der Waals surface area contributed by atoms with Crippen LogP contribution in [0, 0.1) is 0 Å². The van der Waals surface area contributed by atoms with Gasteiger partial charge in [-0.1, -0.05) is 13.0 Å². The Morgan fingerprint density at radius 2 is 2.00 bits per heavy atom. The molecule has 1 aromatic carbocycles. The zero-order chi connectivity index (χ0) is 17.1. The number of piperidine rings is 1. The van der Waals surface area contributed by atoms with Crippen molar-refractivity contribution in [2.75, 3.05) is 18.4 Å². The van der Waals surface area contributed by atoms with E-state index in [2.05, 4.69) is 16.8 Å². The number of rotatable bonds is 3. The van der Waals surface area contributed by atoms with E-state index in [1.54, 1.807) is 0 Å². The highest BCUT2D eigenvalue weighted by molar-refractivity contribution is 6.39. The van der Waals surface area contributed by atoms with Gasteiger partial charge in [-0.2, -0.15) is 0 Å². The number of amides is 2. The Kier molecular flexibility index (Phi) is 4.85. The second-order valence-corrected chi connectivity index (χ2v) is 6.26. The molecule has 24 heavy (non-hydrogen) atoms. The van der Waals surface area contributed by atoms with Crippen molar-refractivity contribution in [1.82, 2.24) is 9.47 Å². The van der Waals surface area contributed by atoms with E-state index in [-0.39, 0.29) is 6.10 Å². The predicted molar refractivity (Wildman–Crippen MR) is 92.7 cm³/mol. The summed E-state index contributed by atoms with van der Waals surface area (Å²) in [5.74, 6) is -1.16. The second kappa shape index (κ2) is 7.05. The van der Waals surface area contributed by atoms with Gasteiger partial charge in [0.1, 0.15) is 0 Å². The van der Waals surface area contributed by atoms with Crippen LogP contribution in [0.3, 0.4) is 0 Å². The molecule has 0 bridgehead atoms. The number of nitrogens with one attached hydrogen (secondary N) is 1. The van der Waals surface area contributed by atoms with Crippen LogP contribution in [-0.4, -0.2) is 45.6 Å². The van der Waals surface area contributed by atoms with E-state index in [4.69, 9.17) is 0 Å². The molecule has 1 aromatic heterocycles. The van der Waals surface area contributed by atoms with Crippen LogP contribution >= 0.6 is 0 Å². The van der Waals surface area contributed by atoms with E-state index in [9.17, 15) is 14.7 Å². The maximum absolute atomic E-state index is 12.2. The van der Waals surface area contributed by atoms with Crippen molar-refractivity contribution in [1.29, 1.82) is 0 Å². The van der Waals surface area contributed by atoms with Gasteiger partial charge < -0.3 is 19.9 Å². The van der Waals surface area contributed by atoms with Crippen molar-refractivity contribution >= 4 is 28.4 Å². The molecule has 3 rings (SSSR count). The van der Waals surface area contributed by atoms with Gasteiger partial charge in [0.05, 0.1) is 11.6 Å². The van der Waals surface area contributed by atoms with E-state index < -0.39 is 11.8 Å².